The Balaban J connectivity index is 1.17. The number of aliphatic hydroxyl groups is 5. The minimum absolute atomic E-state index is 0.00910. The summed E-state index contributed by atoms with van der Waals surface area (Å²) in [6.07, 6.45) is -7.96. The van der Waals surface area contributed by atoms with Gasteiger partial charge in [-0.05, 0) is 123 Å². The average molecular weight is 935 g/mol. The molecule has 16 heteroatoms. The number of allylic oxidation sites excluding steroid dienone is 2. The van der Waals surface area contributed by atoms with Crippen molar-refractivity contribution in [2.24, 2.45) is 50.2 Å². The number of carboxylic acids is 1. The first-order chi connectivity index (χ1) is 30.8. The predicted octanol–water partition coefficient (Wildman–Crippen LogP) is 4.76. The van der Waals surface area contributed by atoms with Gasteiger partial charge in [-0.2, -0.15) is 0 Å². The molecule has 0 bridgehead atoms. The van der Waals surface area contributed by atoms with E-state index < -0.39 is 107 Å². The predicted molar refractivity (Wildman–Crippen MR) is 236 cm³/mol. The monoisotopic (exact) mass is 935 g/mol. The van der Waals surface area contributed by atoms with Crippen molar-refractivity contribution in [3.05, 3.63) is 11.6 Å². The molecule has 2 saturated heterocycles. The molecule has 0 radical (unpaired) electrons. The van der Waals surface area contributed by atoms with Gasteiger partial charge >= 0.3 is 17.9 Å². The molecule has 16 nitrogen and oxygen atoms in total. The summed E-state index contributed by atoms with van der Waals surface area (Å²) in [5, 5.41) is 66.1. The Morgan fingerprint density at radius 2 is 1.27 bits per heavy atom. The highest BCUT2D eigenvalue weighted by atomic mass is 16.8. The molecule has 7 aliphatic rings. The van der Waals surface area contributed by atoms with Crippen molar-refractivity contribution in [2.45, 2.75) is 213 Å². The van der Waals surface area contributed by atoms with Crippen molar-refractivity contribution >= 4 is 23.7 Å². The summed E-state index contributed by atoms with van der Waals surface area (Å²) in [6, 6.07) is 0. The van der Waals surface area contributed by atoms with E-state index in [0.717, 1.165) is 50.5 Å². The topological polar surface area (TPSA) is 245 Å². The summed E-state index contributed by atoms with van der Waals surface area (Å²) in [4.78, 5) is 54.0. The number of carbonyl (C=O) groups excluding carboxylic acids is 3. The van der Waals surface area contributed by atoms with Crippen molar-refractivity contribution in [1.29, 1.82) is 0 Å². The van der Waals surface area contributed by atoms with Crippen LogP contribution in [0.15, 0.2) is 11.6 Å². The zero-order valence-electron chi connectivity index (χ0n) is 40.5. The zero-order valence-corrected chi connectivity index (χ0v) is 40.5. The van der Waals surface area contributed by atoms with E-state index in [-0.39, 0.29) is 47.6 Å². The molecule has 0 aromatic carbocycles. The van der Waals surface area contributed by atoms with Crippen molar-refractivity contribution < 1.29 is 78.2 Å². The summed E-state index contributed by atoms with van der Waals surface area (Å²) in [6.45, 7) is 19.0. The molecule has 2 aliphatic heterocycles. The van der Waals surface area contributed by atoms with Crippen molar-refractivity contribution in [3.63, 3.8) is 0 Å². The number of carbonyl (C=O) groups is 4. The van der Waals surface area contributed by atoms with Crippen molar-refractivity contribution in [1.82, 2.24) is 0 Å². The number of ether oxygens (including phenoxy) is 6. The lowest BCUT2D eigenvalue weighted by Gasteiger charge is -2.70. The van der Waals surface area contributed by atoms with Crippen LogP contribution < -0.4 is 0 Å². The van der Waals surface area contributed by atoms with Gasteiger partial charge in [-0.25, -0.2) is 9.59 Å². The lowest BCUT2D eigenvalue weighted by atomic mass is 9.33. The molecule has 0 aromatic heterocycles. The molecule has 5 aliphatic carbocycles. The Hall–Kier alpha value is -2.54. The third-order valence-electron chi connectivity index (χ3n) is 18.7. The van der Waals surface area contributed by atoms with Gasteiger partial charge in [0.2, 0.25) is 0 Å². The van der Waals surface area contributed by atoms with Crippen LogP contribution in [0, 0.1) is 50.2 Å². The quantitative estimate of drug-likeness (QED) is 0.0828. The summed E-state index contributed by atoms with van der Waals surface area (Å²) in [7, 11) is 0. The Labute approximate surface area is 389 Å². The van der Waals surface area contributed by atoms with Crippen LogP contribution in [0.3, 0.4) is 0 Å². The fourth-order valence-corrected chi connectivity index (χ4v) is 14.1. The fraction of sp³-hybridized carbons (Fsp3) is 0.880. The molecule has 2 heterocycles. The molecule has 0 amide bonds. The van der Waals surface area contributed by atoms with Crippen LogP contribution in [0.25, 0.3) is 0 Å². The van der Waals surface area contributed by atoms with Gasteiger partial charge in [0.1, 0.15) is 36.6 Å². The maximum Gasteiger partial charge on any atom is 0.338 e. The van der Waals surface area contributed by atoms with Crippen LogP contribution in [-0.4, -0.2) is 135 Å². The summed E-state index contributed by atoms with van der Waals surface area (Å²) < 4.78 is 35.5. The number of carboxylic acid groups (broad SMARTS) is 1. The number of fused-ring (bicyclic) bond motifs is 7. The molecule has 19 atom stereocenters. The van der Waals surface area contributed by atoms with Gasteiger partial charge in [0.15, 0.2) is 30.6 Å². The Kier molecular flexibility index (Phi) is 14.5. The Bertz CT molecular complexity index is 1870. The van der Waals surface area contributed by atoms with E-state index in [9.17, 15) is 45.0 Å². The number of aliphatic carboxylic acids is 1. The highest BCUT2D eigenvalue weighted by Crippen LogP contribution is 2.75. The standard InChI is InChI=1S/C50H78O16/c1-10-12-22-61-40(57)36-32(53)31(52)35(56)42(64-36)66-38-34(55)33(54)37(41(58)62-23-13-11-2)65-43(38)63-30-15-16-48(7)29(45(30,3)4)14-17-50(9)39(48)28(51)24-26-27-25-47(6,44(59)60)19-18-46(27,5)20-21-49(26,50)8/h24,27,29-39,42-43,52-56H,10-23,25H2,1-9H3,(H,59,60). The third kappa shape index (κ3) is 8.41. The Morgan fingerprint density at radius 1 is 0.697 bits per heavy atom. The second-order valence-electron chi connectivity index (χ2n) is 23.0. The number of rotatable bonds is 13. The molecule has 6 fully saturated rings. The Morgan fingerprint density at radius 3 is 1.86 bits per heavy atom. The fourth-order valence-electron chi connectivity index (χ4n) is 14.1. The second kappa shape index (κ2) is 18.7. The molecular formula is C50H78O16. The minimum atomic E-state index is -1.94. The first kappa shape index (κ1) is 51.3. The number of aliphatic hydroxyl groups excluding tert-OH is 5. The van der Waals surface area contributed by atoms with Gasteiger partial charge < -0.3 is 59.1 Å². The van der Waals surface area contributed by atoms with E-state index in [2.05, 4.69) is 41.5 Å². The minimum Gasteiger partial charge on any atom is -0.481 e. The van der Waals surface area contributed by atoms with Gasteiger partial charge in [0, 0.05) is 5.92 Å². The van der Waals surface area contributed by atoms with Gasteiger partial charge in [0.25, 0.3) is 0 Å². The SMILES string of the molecule is CCCCOC(=O)C1OC(OC2C(OC3CCC4(C)C(CCC5(C)C4C(=O)C=C4C6CC(C)(C(=O)O)CCC6(C)CCC45C)C3(C)C)OC(C(=O)OCCCC)C(O)C2O)C(O)C(O)C1O. The zero-order chi connectivity index (χ0) is 48.5. The summed E-state index contributed by atoms with van der Waals surface area (Å²) >= 11 is 0. The number of hydrogen-bond donors (Lipinski definition) is 6. The van der Waals surface area contributed by atoms with E-state index in [0.29, 0.717) is 38.5 Å². The average Bonchev–Trinajstić information content (AvgIpc) is 3.25. The summed E-state index contributed by atoms with van der Waals surface area (Å²) in [5.41, 5.74) is -1.67. The molecule has 0 spiro atoms. The molecule has 374 valence electrons. The van der Waals surface area contributed by atoms with E-state index in [1.54, 1.807) is 0 Å². The number of hydrogen-bond acceptors (Lipinski definition) is 15. The lowest BCUT2D eigenvalue weighted by molar-refractivity contribution is -0.371. The molecule has 19 unspecified atom stereocenters. The highest BCUT2D eigenvalue weighted by Gasteiger charge is 2.71. The second-order valence-corrected chi connectivity index (χ2v) is 23.0. The molecule has 7 rings (SSSR count). The number of unbranched alkanes of at least 4 members (excludes halogenated alkanes) is 2. The maximum absolute atomic E-state index is 15.0. The van der Waals surface area contributed by atoms with Gasteiger partial charge in [0.05, 0.1) is 24.7 Å². The van der Waals surface area contributed by atoms with Crippen LogP contribution in [0.1, 0.15) is 146 Å². The van der Waals surface area contributed by atoms with Gasteiger partial charge in [-0.1, -0.05) is 73.8 Å². The molecule has 4 saturated carbocycles. The molecule has 0 aromatic rings. The first-order valence-corrected chi connectivity index (χ1v) is 24.7. The van der Waals surface area contributed by atoms with Crippen LogP contribution in [0.5, 0.6) is 0 Å². The number of esters is 2. The normalized spacial score (nSPS) is 47.5. The van der Waals surface area contributed by atoms with E-state index in [1.165, 1.54) is 0 Å². The van der Waals surface area contributed by atoms with Crippen molar-refractivity contribution in [2.75, 3.05) is 13.2 Å². The smallest absolute Gasteiger partial charge is 0.338 e. The van der Waals surface area contributed by atoms with Gasteiger partial charge in [-0.15, -0.1) is 0 Å². The van der Waals surface area contributed by atoms with Crippen LogP contribution >= 0.6 is 0 Å². The molecule has 66 heavy (non-hydrogen) atoms. The van der Waals surface area contributed by atoms with E-state index in [4.69, 9.17) is 28.4 Å². The summed E-state index contributed by atoms with van der Waals surface area (Å²) in [5.74, 6) is -3.01. The third-order valence-corrected chi connectivity index (χ3v) is 18.7. The van der Waals surface area contributed by atoms with Crippen LogP contribution in [0.4, 0.5) is 0 Å². The van der Waals surface area contributed by atoms with Gasteiger partial charge in [-0.3, -0.25) is 9.59 Å². The lowest BCUT2D eigenvalue weighted by Crippen LogP contribution is -2.68. The van der Waals surface area contributed by atoms with Crippen molar-refractivity contribution in [3.8, 4) is 0 Å². The largest absolute Gasteiger partial charge is 0.481 e. The number of ketones is 1. The molecular weight excluding hydrogens is 857 g/mol. The van der Waals surface area contributed by atoms with Crippen LogP contribution in [0.2, 0.25) is 0 Å². The highest BCUT2D eigenvalue weighted by molar-refractivity contribution is 5.95. The molecule has 6 N–H and O–H groups in total. The van der Waals surface area contributed by atoms with Crippen LogP contribution in [-0.2, 0) is 47.6 Å². The van der Waals surface area contributed by atoms with E-state index in [1.807, 2.05) is 26.8 Å². The first-order valence-electron chi connectivity index (χ1n) is 24.7. The maximum atomic E-state index is 15.0. The van der Waals surface area contributed by atoms with E-state index >= 15 is 4.79 Å².